The minimum atomic E-state index is -1.14. The molecule has 0 aromatic rings. The molecular weight excluding hydrogens is 384 g/mol. The smallest absolute Gasteiger partial charge is 0.305 e. The number of aliphatic hydroxyl groups is 3. The Morgan fingerprint density at radius 1 is 0.900 bits per heavy atom. The van der Waals surface area contributed by atoms with Crippen LogP contribution in [0.4, 0.5) is 0 Å². The summed E-state index contributed by atoms with van der Waals surface area (Å²) in [7, 11) is 0. The fourth-order valence-corrected chi connectivity index (χ4v) is 3.90. The van der Waals surface area contributed by atoms with Gasteiger partial charge in [-0.2, -0.15) is 0 Å². The van der Waals surface area contributed by atoms with Gasteiger partial charge in [0.25, 0.3) is 0 Å². The van der Waals surface area contributed by atoms with Gasteiger partial charge in [0, 0.05) is 6.42 Å². The summed E-state index contributed by atoms with van der Waals surface area (Å²) in [5, 5.41) is 29.0. The van der Waals surface area contributed by atoms with E-state index in [0.717, 1.165) is 25.2 Å². The molecule has 0 bridgehead atoms. The van der Waals surface area contributed by atoms with Gasteiger partial charge in [-0.1, -0.05) is 90.9 Å². The molecule has 0 amide bonds. The third-order valence-electron chi connectivity index (χ3n) is 5.90. The van der Waals surface area contributed by atoms with Crippen molar-refractivity contribution < 1.29 is 29.6 Å². The van der Waals surface area contributed by atoms with E-state index in [4.69, 9.17) is 9.47 Å². The van der Waals surface area contributed by atoms with Crippen molar-refractivity contribution in [2.45, 2.75) is 128 Å². The number of carbonyl (C=O) groups excluding carboxylic acids is 1. The van der Waals surface area contributed by atoms with Crippen molar-refractivity contribution >= 4 is 5.97 Å². The predicted octanol–water partition coefficient (Wildman–Crippen LogP) is 4.13. The van der Waals surface area contributed by atoms with Crippen molar-refractivity contribution in [3.63, 3.8) is 0 Å². The van der Waals surface area contributed by atoms with Crippen molar-refractivity contribution in [3.05, 3.63) is 0 Å². The number of unbranched alkanes of at least 4 members (excludes halogenated alkanes) is 11. The van der Waals surface area contributed by atoms with Crippen molar-refractivity contribution in [2.75, 3.05) is 13.2 Å². The van der Waals surface area contributed by atoms with E-state index in [9.17, 15) is 20.1 Å². The third-order valence-corrected chi connectivity index (χ3v) is 5.90. The Labute approximate surface area is 183 Å². The van der Waals surface area contributed by atoms with Gasteiger partial charge in [-0.3, -0.25) is 4.79 Å². The van der Waals surface area contributed by atoms with E-state index in [-0.39, 0.29) is 19.2 Å². The van der Waals surface area contributed by atoms with Gasteiger partial charge in [-0.05, 0) is 12.3 Å². The van der Waals surface area contributed by atoms with Crippen LogP contribution in [0.3, 0.4) is 0 Å². The highest BCUT2D eigenvalue weighted by atomic mass is 16.6. The average molecular weight is 431 g/mol. The second kappa shape index (κ2) is 16.9. The molecule has 0 aromatic carbocycles. The summed E-state index contributed by atoms with van der Waals surface area (Å²) >= 11 is 0. The number of hydrogen-bond donors (Lipinski definition) is 3. The third kappa shape index (κ3) is 12.9. The lowest BCUT2D eigenvalue weighted by atomic mass is 10.0. The van der Waals surface area contributed by atoms with Gasteiger partial charge in [0.1, 0.15) is 31.0 Å². The molecule has 6 nitrogen and oxygen atoms in total. The highest BCUT2D eigenvalue weighted by Crippen LogP contribution is 2.18. The van der Waals surface area contributed by atoms with E-state index in [1.54, 1.807) is 0 Å². The minimum Gasteiger partial charge on any atom is -0.463 e. The first kappa shape index (κ1) is 27.3. The van der Waals surface area contributed by atoms with Gasteiger partial charge in [0.05, 0.1) is 6.61 Å². The molecule has 1 heterocycles. The molecule has 0 saturated carbocycles. The number of esters is 1. The van der Waals surface area contributed by atoms with Gasteiger partial charge >= 0.3 is 5.97 Å². The Bertz CT molecular complexity index is 428. The zero-order valence-electron chi connectivity index (χ0n) is 19.3. The maximum Gasteiger partial charge on any atom is 0.305 e. The second-order valence-corrected chi connectivity index (χ2v) is 9.28. The van der Waals surface area contributed by atoms with E-state index >= 15 is 0 Å². The highest BCUT2D eigenvalue weighted by molar-refractivity contribution is 5.69. The predicted molar refractivity (Wildman–Crippen MR) is 118 cm³/mol. The first-order chi connectivity index (χ1) is 14.4. The lowest BCUT2D eigenvalue weighted by molar-refractivity contribution is -0.151. The number of aliphatic hydroxyl groups excluding tert-OH is 3. The molecule has 0 spiro atoms. The molecule has 1 saturated heterocycles. The van der Waals surface area contributed by atoms with Crippen LogP contribution in [-0.4, -0.2) is 58.9 Å². The van der Waals surface area contributed by atoms with Crippen LogP contribution >= 0.6 is 0 Å². The van der Waals surface area contributed by atoms with Crippen molar-refractivity contribution in [1.82, 2.24) is 0 Å². The van der Waals surface area contributed by atoms with Crippen molar-refractivity contribution in [1.29, 1.82) is 0 Å². The van der Waals surface area contributed by atoms with Crippen LogP contribution in [-0.2, 0) is 14.3 Å². The summed E-state index contributed by atoms with van der Waals surface area (Å²) in [4.78, 5) is 11.8. The fraction of sp³-hybridized carbons (Fsp3) is 0.958. The van der Waals surface area contributed by atoms with E-state index in [0.29, 0.717) is 6.42 Å². The molecule has 1 rings (SSSR count). The molecule has 30 heavy (non-hydrogen) atoms. The molecule has 1 aliphatic heterocycles. The zero-order chi connectivity index (χ0) is 22.2. The van der Waals surface area contributed by atoms with Gasteiger partial charge in [0.2, 0.25) is 0 Å². The molecule has 178 valence electrons. The fourth-order valence-electron chi connectivity index (χ4n) is 3.90. The van der Waals surface area contributed by atoms with Crippen LogP contribution in [0.5, 0.6) is 0 Å². The van der Waals surface area contributed by atoms with Gasteiger partial charge < -0.3 is 24.8 Å². The first-order valence-corrected chi connectivity index (χ1v) is 12.2. The zero-order valence-corrected chi connectivity index (χ0v) is 19.3. The Morgan fingerprint density at radius 2 is 1.40 bits per heavy atom. The molecule has 0 radical (unpaired) electrons. The standard InChI is InChI=1S/C24H46O6/c1-19(2)15-13-11-9-7-5-3-4-6-8-10-12-14-16-22(27)29-18-21(26)24-23(28)20(25)17-30-24/h19-21,23-26,28H,3-18H2,1-2H3. The van der Waals surface area contributed by atoms with Crippen molar-refractivity contribution in [2.24, 2.45) is 5.92 Å². The molecule has 1 aliphatic rings. The molecule has 0 aliphatic carbocycles. The van der Waals surface area contributed by atoms with E-state index < -0.39 is 24.4 Å². The summed E-state index contributed by atoms with van der Waals surface area (Å²) in [5.41, 5.74) is 0. The summed E-state index contributed by atoms with van der Waals surface area (Å²) in [6, 6.07) is 0. The number of ether oxygens (including phenoxy) is 2. The summed E-state index contributed by atoms with van der Waals surface area (Å²) in [6.45, 7) is 4.36. The first-order valence-electron chi connectivity index (χ1n) is 12.2. The van der Waals surface area contributed by atoms with Crippen LogP contribution in [0.25, 0.3) is 0 Å². The summed E-state index contributed by atoms with van der Waals surface area (Å²) in [5.74, 6) is 0.501. The average Bonchev–Trinajstić information content (AvgIpc) is 3.04. The number of carbonyl (C=O) groups is 1. The molecule has 4 unspecified atom stereocenters. The second-order valence-electron chi connectivity index (χ2n) is 9.28. The van der Waals surface area contributed by atoms with Gasteiger partial charge in [0.15, 0.2) is 0 Å². The van der Waals surface area contributed by atoms with Crippen LogP contribution in [0.15, 0.2) is 0 Å². The molecule has 4 atom stereocenters. The Kier molecular flexibility index (Phi) is 15.4. The Balaban J connectivity index is 1.84. The molecule has 0 aromatic heterocycles. The molecule has 3 N–H and O–H groups in total. The van der Waals surface area contributed by atoms with Gasteiger partial charge in [-0.15, -0.1) is 0 Å². The lowest BCUT2D eigenvalue weighted by Crippen LogP contribution is -2.41. The molecule has 1 fully saturated rings. The largest absolute Gasteiger partial charge is 0.463 e. The summed E-state index contributed by atoms with van der Waals surface area (Å²) in [6.07, 6.45) is 12.6. The van der Waals surface area contributed by atoms with Crippen LogP contribution in [0, 0.1) is 5.92 Å². The molecular formula is C24H46O6. The van der Waals surface area contributed by atoms with E-state index in [1.165, 1.54) is 64.2 Å². The van der Waals surface area contributed by atoms with Crippen LogP contribution < -0.4 is 0 Å². The molecule has 6 heteroatoms. The number of rotatable bonds is 18. The van der Waals surface area contributed by atoms with E-state index in [1.807, 2.05) is 0 Å². The Morgan fingerprint density at radius 3 is 1.87 bits per heavy atom. The quantitative estimate of drug-likeness (QED) is 0.223. The topological polar surface area (TPSA) is 96.2 Å². The normalized spacial score (nSPS) is 22.5. The lowest BCUT2D eigenvalue weighted by Gasteiger charge is -2.20. The number of hydrogen-bond acceptors (Lipinski definition) is 6. The highest BCUT2D eigenvalue weighted by Gasteiger charge is 2.39. The van der Waals surface area contributed by atoms with Crippen LogP contribution in [0.2, 0.25) is 0 Å². The monoisotopic (exact) mass is 430 g/mol. The Hall–Kier alpha value is -0.690. The maximum absolute atomic E-state index is 11.8. The van der Waals surface area contributed by atoms with E-state index in [2.05, 4.69) is 13.8 Å². The maximum atomic E-state index is 11.8. The summed E-state index contributed by atoms with van der Waals surface area (Å²) < 4.78 is 10.2. The minimum absolute atomic E-state index is 0.0186. The SMILES string of the molecule is CC(C)CCCCCCCCCCCCCCC(=O)OCC(O)C1OCC(O)C1O. The van der Waals surface area contributed by atoms with Crippen LogP contribution in [0.1, 0.15) is 104 Å². The van der Waals surface area contributed by atoms with Gasteiger partial charge in [-0.25, -0.2) is 0 Å². The van der Waals surface area contributed by atoms with Crippen molar-refractivity contribution in [3.8, 4) is 0 Å².